The topological polar surface area (TPSA) is 107 Å². The number of pyridine rings is 1. The van der Waals surface area contributed by atoms with Crippen molar-refractivity contribution in [1.82, 2.24) is 4.57 Å². The van der Waals surface area contributed by atoms with Gasteiger partial charge in [-0.05, 0) is 13.0 Å². The van der Waals surface area contributed by atoms with Gasteiger partial charge in [-0.25, -0.2) is 13.6 Å². The van der Waals surface area contributed by atoms with E-state index in [1.54, 1.807) is 11.8 Å². The number of methoxy groups -OCH3 is 2. The summed E-state index contributed by atoms with van der Waals surface area (Å²) in [4.78, 5) is 25.9. The lowest BCUT2D eigenvalue weighted by molar-refractivity contribution is 0.0694. The number of ether oxygens (including phenoxy) is 2. The molecule has 4 rings (SSSR count). The first-order chi connectivity index (χ1) is 14.1. The molecule has 2 unspecified atom stereocenters. The second-order valence-corrected chi connectivity index (χ2v) is 8.15. The van der Waals surface area contributed by atoms with Gasteiger partial charge in [-0.3, -0.25) is 4.79 Å². The van der Waals surface area contributed by atoms with Crippen LogP contribution in [-0.2, 0) is 4.74 Å². The summed E-state index contributed by atoms with van der Waals surface area (Å²) in [5.41, 5.74) is 4.38. The van der Waals surface area contributed by atoms with E-state index >= 15 is 4.39 Å². The zero-order valence-corrected chi connectivity index (χ0v) is 16.8. The zero-order chi connectivity index (χ0) is 22.0. The molecule has 1 aromatic carbocycles. The zero-order valence-electron chi connectivity index (χ0n) is 16.8. The van der Waals surface area contributed by atoms with Crippen molar-refractivity contribution in [2.24, 2.45) is 5.73 Å². The maximum Gasteiger partial charge on any atom is 0.341 e. The Morgan fingerprint density at radius 2 is 2.07 bits per heavy atom. The molecule has 30 heavy (non-hydrogen) atoms. The summed E-state index contributed by atoms with van der Waals surface area (Å²) in [5.74, 6) is -2.19. The highest BCUT2D eigenvalue weighted by Crippen LogP contribution is 2.46. The minimum Gasteiger partial charge on any atom is -0.492 e. The van der Waals surface area contributed by atoms with Crippen molar-refractivity contribution >= 4 is 22.6 Å². The summed E-state index contributed by atoms with van der Waals surface area (Å²) in [5, 5.41) is 9.21. The molecule has 0 amide bonds. The van der Waals surface area contributed by atoms with Crippen LogP contribution in [0.3, 0.4) is 0 Å². The molecule has 1 saturated carbocycles. The van der Waals surface area contributed by atoms with Crippen molar-refractivity contribution in [1.29, 1.82) is 0 Å². The van der Waals surface area contributed by atoms with E-state index in [1.807, 2.05) is 0 Å². The second kappa shape index (κ2) is 6.92. The molecule has 10 heteroatoms. The number of aromatic carboxylic acids is 1. The Morgan fingerprint density at radius 3 is 2.57 bits per heavy atom. The largest absolute Gasteiger partial charge is 0.492 e. The molecule has 3 N–H and O–H groups in total. The van der Waals surface area contributed by atoms with E-state index in [4.69, 9.17) is 15.2 Å². The van der Waals surface area contributed by atoms with Crippen molar-refractivity contribution in [3.05, 3.63) is 33.9 Å². The molecule has 1 aliphatic heterocycles. The summed E-state index contributed by atoms with van der Waals surface area (Å²) in [6.45, 7) is 2.34. The first-order valence-electron chi connectivity index (χ1n) is 9.50. The molecule has 2 heterocycles. The van der Waals surface area contributed by atoms with Crippen LogP contribution in [0.1, 0.15) is 29.7 Å². The standard InChI is InChI=1S/C20H23F2N3O5/c1-20(23)8-24(7-14(20)29-2)16-12(22)4-9-15(18(16)30-3)25(13-5-11(13)21)6-10(17(9)26)19(27)28/h4,6,11,13-14H,5,7-8,23H2,1-3H3,(H,27,28)/t11-,13+,14?,20?/m0/s1. The number of carboxylic acids is 1. The molecule has 1 aromatic heterocycles. The second-order valence-electron chi connectivity index (χ2n) is 8.15. The predicted octanol–water partition coefficient (Wildman–Crippen LogP) is 1.68. The summed E-state index contributed by atoms with van der Waals surface area (Å²) >= 11 is 0. The van der Waals surface area contributed by atoms with Gasteiger partial charge in [0.25, 0.3) is 0 Å². The Hall–Kier alpha value is -2.72. The average molecular weight is 423 g/mol. The summed E-state index contributed by atoms with van der Waals surface area (Å²) in [6.07, 6.45) is -0.278. The Labute approximate surface area is 170 Å². The number of rotatable bonds is 5. The van der Waals surface area contributed by atoms with Gasteiger partial charge in [0.15, 0.2) is 11.6 Å². The molecule has 4 atom stereocenters. The van der Waals surface area contributed by atoms with Gasteiger partial charge in [0.1, 0.15) is 17.4 Å². The third kappa shape index (κ3) is 3.02. The van der Waals surface area contributed by atoms with E-state index in [-0.39, 0.29) is 48.0 Å². The maximum atomic E-state index is 15.3. The van der Waals surface area contributed by atoms with Gasteiger partial charge in [0.05, 0.1) is 35.7 Å². The first-order valence-corrected chi connectivity index (χ1v) is 9.50. The van der Waals surface area contributed by atoms with Crippen molar-refractivity contribution in [2.45, 2.75) is 37.2 Å². The third-order valence-corrected chi connectivity index (χ3v) is 5.93. The van der Waals surface area contributed by atoms with E-state index in [0.717, 1.165) is 12.3 Å². The van der Waals surface area contributed by atoms with Crippen LogP contribution in [-0.4, -0.2) is 60.8 Å². The van der Waals surface area contributed by atoms with Crippen LogP contribution in [0.25, 0.3) is 10.9 Å². The molecular weight excluding hydrogens is 400 g/mol. The lowest BCUT2D eigenvalue weighted by atomic mass is 10.0. The van der Waals surface area contributed by atoms with Crippen LogP contribution in [0.2, 0.25) is 0 Å². The summed E-state index contributed by atoms with van der Waals surface area (Å²) in [7, 11) is 2.84. The van der Waals surface area contributed by atoms with Crippen LogP contribution < -0.4 is 20.8 Å². The molecule has 1 saturated heterocycles. The number of anilines is 1. The fraction of sp³-hybridized carbons (Fsp3) is 0.500. The quantitative estimate of drug-likeness (QED) is 0.754. The van der Waals surface area contributed by atoms with Gasteiger partial charge >= 0.3 is 5.97 Å². The van der Waals surface area contributed by atoms with E-state index in [2.05, 4.69) is 0 Å². The van der Waals surface area contributed by atoms with E-state index < -0.39 is 40.5 Å². The van der Waals surface area contributed by atoms with Gasteiger partial charge < -0.3 is 29.8 Å². The number of hydrogen-bond acceptors (Lipinski definition) is 6. The summed E-state index contributed by atoms with van der Waals surface area (Å²) in [6, 6.07) is 0.339. The number of benzene rings is 1. The number of alkyl halides is 1. The lowest BCUT2D eigenvalue weighted by Gasteiger charge is -2.25. The minimum atomic E-state index is -1.46. The molecule has 162 valence electrons. The van der Waals surface area contributed by atoms with Crippen LogP contribution in [0, 0.1) is 5.82 Å². The van der Waals surface area contributed by atoms with Crippen LogP contribution in [0.15, 0.2) is 17.1 Å². The number of fused-ring (bicyclic) bond motifs is 1. The van der Waals surface area contributed by atoms with Gasteiger partial charge in [0.2, 0.25) is 5.43 Å². The number of aromatic nitrogens is 1. The number of hydrogen-bond donors (Lipinski definition) is 2. The molecule has 2 aromatic rings. The van der Waals surface area contributed by atoms with E-state index in [0.29, 0.717) is 0 Å². The highest BCUT2D eigenvalue weighted by atomic mass is 19.1. The Kier molecular flexibility index (Phi) is 4.74. The van der Waals surface area contributed by atoms with Crippen LogP contribution in [0.4, 0.5) is 14.5 Å². The fourth-order valence-electron chi connectivity index (χ4n) is 4.29. The fourth-order valence-corrected chi connectivity index (χ4v) is 4.29. The molecular formula is C20H23F2N3O5. The van der Waals surface area contributed by atoms with E-state index in [9.17, 15) is 19.1 Å². The number of nitrogens with two attached hydrogens (primary N) is 1. The van der Waals surface area contributed by atoms with Gasteiger partial charge in [-0.1, -0.05) is 0 Å². The molecule has 0 spiro atoms. The average Bonchev–Trinajstić information content (AvgIpc) is 3.31. The smallest absolute Gasteiger partial charge is 0.341 e. The van der Waals surface area contributed by atoms with Gasteiger partial charge in [0, 0.05) is 32.8 Å². The molecule has 8 nitrogen and oxygen atoms in total. The van der Waals surface area contributed by atoms with Crippen molar-refractivity contribution in [2.75, 3.05) is 32.2 Å². The number of halogens is 2. The minimum absolute atomic E-state index is 0.0330. The van der Waals surface area contributed by atoms with Gasteiger partial charge in [-0.2, -0.15) is 0 Å². The molecule has 1 aliphatic carbocycles. The number of carbonyl (C=O) groups is 1. The molecule has 0 radical (unpaired) electrons. The van der Waals surface area contributed by atoms with Gasteiger partial charge in [-0.15, -0.1) is 0 Å². The predicted molar refractivity (Wildman–Crippen MR) is 106 cm³/mol. The van der Waals surface area contributed by atoms with Crippen molar-refractivity contribution in [3.8, 4) is 5.75 Å². The number of carboxylic acid groups (broad SMARTS) is 1. The monoisotopic (exact) mass is 423 g/mol. The van der Waals surface area contributed by atoms with Crippen LogP contribution >= 0.6 is 0 Å². The molecule has 0 bridgehead atoms. The van der Waals surface area contributed by atoms with Crippen LogP contribution in [0.5, 0.6) is 5.75 Å². The maximum absolute atomic E-state index is 15.3. The first kappa shape index (κ1) is 20.5. The van der Waals surface area contributed by atoms with Crippen molar-refractivity contribution < 1.29 is 28.2 Å². The summed E-state index contributed by atoms with van der Waals surface area (Å²) < 4.78 is 41.5. The Morgan fingerprint density at radius 1 is 1.40 bits per heavy atom. The highest BCUT2D eigenvalue weighted by molar-refractivity contribution is 5.97. The normalized spacial score (nSPS) is 28.2. The lowest BCUT2D eigenvalue weighted by Crippen LogP contribution is -2.48. The SMILES string of the molecule is COc1c(N2CC(OC)C(C)(N)C2)c(F)cc2c(=O)c(C(=O)O)cn([C@@H]3C[C@@H]3F)c12. The highest BCUT2D eigenvalue weighted by Gasteiger charge is 2.44. The Bertz CT molecular complexity index is 1100. The molecule has 2 aliphatic rings. The van der Waals surface area contributed by atoms with E-state index in [1.165, 1.54) is 18.8 Å². The van der Waals surface area contributed by atoms with Crippen molar-refractivity contribution in [3.63, 3.8) is 0 Å². The third-order valence-electron chi connectivity index (χ3n) is 5.93. The Balaban J connectivity index is 2.01. The number of nitrogens with zero attached hydrogens (tertiary/aromatic N) is 2. The molecule has 2 fully saturated rings.